The molecule has 0 radical (unpaired) electrons. The van der Waals surface area contributed by atoms with Crippen LogP contribution in [0.25, 0.3) is 32.8 Å². The Bertz CT molecular complexity index is 1560. The largest absolute Gasteiger partial charge is 0.494 e. The molecule has 0 aliphatic heterocycles. The van der Waals surface area contributed by atoms with Gasteiger partial charge in [0.2, 0.25) is 0 Å². The molecule has 5 rings (SSSR count). The number of hydrogen-bond donors (Lipinski definition) is 3. The van der Waals surface area contributed by atoms with E-state index in [9.17, 15) is 4.57 Å². The summed E-state index contributed by atoms with van der Waals surface area (Å²) in [6.45, 7) is 4.06. The van der Waals surface area contributed by atoms with Crippen molar-refractivity contribution in [1.29, 1.82) is 0 Å². The second kappa shape index (κ2) is 9.58. The molecule has 0 atom stereocenters. The van der Waals surface area contributed by atoms with Gasteiger partial charge in [-0.15, -0.1) is 0 Å². The Morgan fingerprint density at radius 2 is 1.66 bits per heavy atom. The summed E-state index contributed by atoms with van der Waals surface area (Å²) in [6, 6.07) is 21.6. The predicted octanol–water partition coefficient (Wildman–Crippen LogP) is 7.21. The Hall–Kier alpha value is -3.58. The molecule has 180 valence electrons. The summed E-state index contributed by atoms with van der Waals surface area (Å²) in [7, 11) is -1.88. The molecule has 0 unspecified atom stereocenters. The number of hydrogen-bond acceptors (Lipinski definition) is 6. The van der Waals surface area contributed by atoms with Crippen LogP contribution in [0, 0.1) is 0 Å². The minimum atomic E-state index is -3.47. The quantitative estimate of drug-likeness (QED) is 0.188. The first kappa shape index (κ1) is 23.2. The standard InChI is InChI=1S/C26H27N4O4P/c1-4-33-35(31,34-5-2)30-17-14-15-22(23(16-17)32-3)29-25-18-10-6-8-12-20(18)27-24-19-11-7-9-13-21(19)28-26(24)25/h6-16,28H,4-5H2,1-3H3,(H,27,29)(H,30,31). The minimum absolute atomic E-state index is 0.261. The fraction of sp³-hybridized carbons (Fsp3) is 0.192. The van der Waals surface area contributed by atoms with Gasteiger partial charge in [0.1, 0.15) is 5.75 Å². The van der Waals surface area contributed by atoms with E-state index < -0.39 is 7.75 Å². The Balaban J connectivity index is 1.59. The van der Waals surface area contributed by atoms with Gasteiger partial charge in [-0.2, -0.15) is 0 Å². The highest BCUT2D eigenvalue weighted by Crippen LogP contribution is 2.48. The Morgan fingerprint density at radius 1 is 0.943 bits per heavy atom. The van der Waals surface area contributed by atoms with E-state index in [-0.39, 0.29) is 13.2 Å². The molecule has 0 aliphatic carbocycles. The third-order valence-electron chi connectivity index (χ3n) is 5.66. The maximum absolute atomic E-state index is 12.9. The lowest BCUT2D eigenvalue weighted by Gasteiger charge is -2.20. The highest BCUT2D eigenvalue weighted by molar-refractivity contribution is 7.55. The maximum atomic E-state index is 12.9. The number of fused-ring (bicyclic) bond motifs is 4. The lowest BCUT2D eigenvalue weighted by atomic mass is 10.1. The number of ether oxygens (including phenoxy) is 1. The number of rotatable bonds is 9. The lowest BCUT2D eigenvalue weighted by molar-refractivity contribution is 0.225. The molecule has 0 amide bonds. The molecule has 0 fully saturated rings. The van der Waals surface area contributed by atoms with Gasteiger partial charge < -0.3 is 15.0 Å². The average Bonchev–Trinajstić information content (AvgIpc) is 3.23. The molecule has 0 saturated carbocycles. The van der Waals surface area contributed by atoms with Gasteiger partial charge in [0.25, 0.3) is 0 Å². The van der Waals surface area contributed by atoms with Gasteiger partial charge >= 0.3 is 7.75 Å². The fourth-order valence-corrected chi connectivity index (χ4v) is 5.53. The van der Waals surface area contributed by atoms with Crippen LogP contribution in [0.3, 0.4) is 0 Å². The van der Waals surface area contributed by atoms with Crippen molar-refractivity contribution < 1.29 is 18.3 Å². The summed E-state index contributed by atoms with van der Waals surface area (Å²) in [5.41, 5.74) is 5.92. The van der Waals surface area contributed by atoms with E-state index in [0.717, 1.165) is 44.2 Å². The average molecular weight is 491 g/mol. The second-order valence-corrected chi connectivity index (χ2v) is 9.62. The van der Waals surface area contributed by atoms with Gasteiger partial charge in [-0.1, -0.05) is 36.4 Å². The van der Waals surface area contributed by atoms with E-state index in [0.29, 0.717) is 11.4 Å². The molecule has 0 saturated heterocycles. The van der Waals surface area contributed by atoms with Crippen molar-refractivity contribution in [2.45, 2.75) is 13.8 Å². The number of pyridine rings is 1. The highest BCUT2D eigenvalue weighted by atomic mass is 31.2. The molecule has 3 aromatic carbocycles. The Kier molecular flexibility index (Phi) is 6.34. The number of H-pyrrole nitrogens is 1. The zero-order chi connectivity index (χ0) is 24.4. The van der Waals surface area contributed by atoms with Crippen molar-refractivity contribution in [1.82, 2.24) is 9.97 Å². The van der Waals surface area contributed by atoms with Crippen LogP contribution in [-0.2, 0) is 13.6 Å². The summed E-state index contributed by atoms with van der Waals surface area (Å²) in [6.07, 6.45) is 0. The zero-order valence-electron chi connectivity index (χ0n) is 19.8. The van der Waals surface area contributed by atoms with Crippen LogP contribution < -0.4 is 15.1 Å². The molecule has 8 nitrogen and oxygen atoms in total. The number of para-hydroxylation sites is 2. The molecule has 2 aromatic heterocycles. The second-order valence-electron chi connectivity index (χ2n) is 7.88. The van der Waals surface area contributed by atoms with E-state index in [2.05, 4.69) is 21.5 Å². The Morgan fingerprint density at radius 3 is 2.40 bits per heavy atom. The normalized spacial score (nSPS) is 11.9. The molecule has 0 aliphatic rings. The van der Waals surface area contributed by atoms with Crippen LogP contribution in [0.4, 0.5) is 17.1 Å². The van der Waals surface area contributed by atoms with Gasteiger partial charge in [0, 0.05) is 28.0 Å². The molecule has 0 spiro atoms. The van der Waals surface area contributed by atoms with Crippen LogP contribution in [0.5, 0.6) is 5.75 Å². The first-order valence-electron chi connectivity index (χ1n) is 11.5. The van der Waals surface area contributed by atoms with Crippen LogP contribution >= 0.6 is 7.75 Å². The molecule has 3 N–H and O–H groups in total. The van der Waals surface area contributed by atoms with Crippen molar-refractivity contribution >= 4 is 57.6 Å². The molecule has 9 heteroatoms. The van der Waals surface area contributed by atoms with Crippen molar-refractivity contribution in [3.8, 4) is 5.75 Å². The van der Waals surface area contributed by atoms with Gasteiger partial charge in [0.05, 0.1) is 48.2 Å². The summed E-state index contributed by atoms with van der Waals surface area (Å²) < 4.78 is 29.3. The summed E-state index contributed by atoms with van der Waals surface area (Å²) >= 11 is 0. The molecule has 2 heterocycles. The van der Waals surface area contributed by atoms with E-state index in [1.807, 2.05) is 48.5 Å². The maximum Gasteiger partial charge on any atom is 0.432 e. The Labute approximate surface area is 203 Å². The fourth-order valence-electron chi connectivity index (χ4n) is 4.19. The van der Waals surface area contributed by atoms with Crippen molar-refractivity contribution in [3.05, 3.63) is 66.7 Å². The molecule has 35 heavy (non-hydrogen) atoms. The van der Waals surface area contributed by atoms with Gasteiger partial charge in [0.15, 0.2) is 0 Å². The van der Waals surface area contributed by atoms with Gasteiger partial charge in [-0.3, -0.25) is 14.1 Å². The van der Waals surface area contributed by atoms with E-state index in [1.54, 1.807) is 33.1 Å². The summed E-state index contributed by atoms with van der Waals surface area (Å²) in [4.78, 5) is 8.45. The number of nitrogens with one attached hydrogen (secondary N) is 3. The topological polar surface area (TPSA) is 97.5 Å². The highest BCUT2D eigenvalue weighted by Gasteiger charge is 2.24. The third-order valence-corrected chi connectivity index (χ3v) is 7.39. The van der Waals surface area contributed by atoms with Crippen molar-refractivity contribution in [2.75, 3.05) is 30.7 Å². The number of aromatic amines is 1. The van der Waals surface area contributed by atoms with Gasteiger partial charge in [-0.25, -0.2) is 9.55 Å². The summed E-state index contributed by atoms with van der Waals surface area (Å²) in [5.74, 6) is 0.569. The monoisotopic (exact) mass is 490 g/mol. The number of aromatic nitrogens is 2. The molecular formula is C26H27N4O4P. The SMILES string of the molecule is CCOP(=O)(Nc1ccc(Nc2c3ccccc3nc3c2[nH]c2ccccc23)c(OC)c1)OCC. The van der Waals surface area contributed by atoms with Crippen LogP contribution in [0.2, 0.25) is 0 Å². The molecular weight excluding hydrogens is 463 g/mol. The number of nitrogens with zero attached hydrogens (tertiary/aromatic N) is 1. The summed E-state index contributed by atoms with van der Waals surface area (Å²) in [5, 5.41) is 8.48. The third kappa shape index (κ3) is 4.44. The van der Waals surface area contributed by atoms with E-state index in [4.69, 9.17) is 18.8 Å². The molecule has 0 bridgehead atoms. The van der Waals surface area contributed by atoms with Crippen molar-refractivity contribution in [2.24, 2.45) is 0 Å². The van der Waals surface area contributed by atoms with Crippen LogP contribution in [0.1, 0.15) is 13.8 Å². The number of methoxy groups -OCH3 is 1. The van der Waals surface area contributed by atoms with Crippen LogP contribution in [-0.4, -0.2) is 30.3 Å². The first-order valence-corrected chi connectivity index (χ1v) is 13.0. The first-order chi connectivity index (χ1) is 17.0. The van der Waals surface area contributed by atoms with Gasteiger partial charge in [-0.05, 0) is 38.1 Å². The number of benzene rings is 3. The van der Waals surface area contributed by atoms with E-state index >= 15 is 0 Å². The lowest BCUT2D eigenvalue weighted by Crippen LogP contribution is -2.05. The number of anilines is 3. The smallest absolute Gasteiger partial charge is 0.432 e. The zero-order valence-corrected chi connectivity index (χ0v) is 20.7. The van der Waals surface area contributed by atoms with Crippen molar-refractivity contribution in [3.63, 3.8) is 0 Å². The predicted molar refractivity (Wildman–Crippen MR) is 142 cm³/mol. The van der Waals surface area contributed by atoms with Crippen LogP contribution in [0.15, 0.2) is 66.7 Å². The minimum Gasteiger partial charge on any atom is -0.494 e. The van der Waals surface area contributed by atoms with E-state index in [1.165, 1.54) is 0 Å². The molecule has 5 aromatic rings.